The highest BCUT2D eigenvalue weighted by Gasteiger charge is 2.55. The SMILES string of the molecule is CC(C)(c1cc(Cl)c(OCCCl)c(Cl)c1)c1ccc(CN2C(=O)N(S(C)(=O)=O)C(C)(C)C2=O)c(C(N)=O)c1. The predicted octanol–water partition coefficient (Wildman–Crippen LogP) is 4.54. The molecule has 3 rings (SSSR count). The number of primary amides is 1. The molecule has 1 heterocycles. The predicted molar refractivity (Wildman–Crippen MR) is 146 cm³/mol. The third-order valence-corrected chi connectivity index (χ3v) is 8.47. The molecule has 2 N–H and O–H groups in total. The largest absolute Gasteiger partial charge is 0.489 e. The van der Waals surface area contributed by atoms with E-state index in [1.165, 1.54) is 13.8 Å². The van der Waals surface area contributed by atoms with Crippen LogP contribution in [0.1, 0.15) is 54.7 Å². The average Bonchev–Trinajstić information content (AvgIpc) is 2.97. The Morgan fingerprint density at radius 3 is 2.13 bits per heavy atom. The Kier molecular flexibility index (Phi) is 8.34. The summed E-state index contributed by atoms with van der Waals surface area (Å²) in [6, 6.07) is 7.29. The van der Waals surface area contributed by atoms with Crippen LogP contribution in [0.4, 0.5) is 4.79 Å². The fourth-order valence-electron chi connectivity index (χ4n) is 4.42. The minimum Gasteiger partial charge on any atom is -0.489 e. The summed E-state index contributed by atoms with van der Waals surface area (Å²) in [6.45, 7) is 6.38. The number of hydrogen-bond acceptors (Lipinski definition) is 6. The molecule has 0 radical (unpaired) electrons. The van der Waals surface area contributed by atoms with Crippen LogP contribution in [0.5, 0.6) is 5.75 Å². The van der Waals surface area contributed by atoms with Gasteiger partial charge in [-0.15, -0.1) is 11.6 Å². The molecule has 9 nitrogen and oxygen atoms in total. The molecule has 0 saturated carbocycles. The Morgan fingerprint density at radius 1 is 1.08 bits per heavy atom. The smallest absolute Gasteiger partial charge is 0.341 e. The van der Waals surface area contributed by atoms with Crippen molar-refractivity contribution in [1.82, 2.24) is 9.21 Å². The standard InChI is InChI=1S/C25H28Cl3N3O6S/c1-24(2,16-11-18(27)20(19(28)12-16)37-9-8-26)15-7-6-14(17(10-15)21(29)32)13-30-22(33)25(3,4)31(23(30)34)38(5,35)36/h6-7,10-12H,8-9,13H2,1-5H3,(H2,29,32). The molecular formula is C25H28Cl3N3O6S. The molecular weight excluding hydrogens is 577 g/mol. The monoisotopic (exact) mass is 603 g/mol. The number of imide groups is 1. The number of carbonyl (C=O) groups is 3. The van der Waals surface area contributed by atoms with E-state index in [9.17, 15) is 22.8 Å². The highest BCUT2D eigenvalue weighted by Crippen LogP contribution is 2.41. The van der Waals surface area contributed by atoms with Crippen molar-refractivity contribution in [1.29, 1.82) is 0 Å². The molecule has 13 heteroatoms. The molecule has 1 aliphatic rings. The van der Waals surface area contributed by atoms with Gasteiger partial charge in [0.1, 0.15) is 12.1 Å². The van der Waals surface area contributed by atoms with Crippen molar-refractivity contribution < 1.29 is 27.5 Å². The lowest BCUT2D eigenvalue weighted by atomic mass is 9.77. The van der Waals surface area contributed by atoms with Gasteiger partial charge in [0.05, 0.1) is 28.7 Å². The molecule has 1 aliphatic heterocycles. The highest BCUT2D eigenvalue weighted by atomic mass is 35.5. The first-order valence-corrected chi connectivity index (χ1v) is 14.6. The molecule has 38 heavy (non-hydrogen) atoms. The van der Waals surface area contributed by atoms with Crippen LogP contribution in [0.2, 0.25) is 10.0 Å². The summed E-state index contributed by atoms with van der Waals surface area (Å²) >= 11 is 18.5. The average molecular weight is 605 g/mol. The lowest BCUT2D eigenvalue weighted by molar-refractivity contribution is -0.131. The summed E-state index contributed by atoms with van der Waals surface area (Å²) in [5.41, 5.74) is 5.10. The maximum absolute atomic E-state index is 13.0. The zero-order valence-corrected chi connectivity index (χ0v) is 24.6. The van der Waals surface area contributed by atoms with Crippen LogP contribution in [0, 0.1) is 0 Å². The Morgan fingerprint density at radius 2 is 1.66 bits per heavy atom. The van der Waals surface area contributed by atoms with Crippen LogP contribution in [0.15, 0.2) is 30.3 Å². The Labute approximate surface area is 236 Å². The van der Waals surface area contributed by atoms with Crippen LogP contribution in [-0.2, 0) is 26.8 Å². The van der Waals surface area contributed by atoms with Gasteiger partial charge >= 0.3 is 6.03 Å². The molecule has 0 unspecified atom stereocenters. The van der Waals surface area contributed by atoms with E-state index in [1.807, 2.05) is 13.8 Å². The number of halogens is 3. The van der Waals surface area contributed by atoms with E-state index >= 15 is 0 Å². The van der Waals surface area contributed by atoms with Gasteiger partial charge in [-0.25, -0.2) is 17.5 Å². The molecule has 1 saturated heterocycles. The summed E-state index contributed by atoms with van der Waals surface area (Å²) in [4.78, 5) is 39.1. The summed E-state index contributed by atoms with van der Waals surface area (Å²) < 4.78 is 30.5. The zero-order valence-electron chi connectivity index (χ0n) is 21.5. The number of amides is 4. The van der Waals surface area contributed by atoms with Crippen molar-refractivity contribution in [2.24, 2.45) is 5.73 Å². The maximum atomic E-state index is 13.0. The highest BCUT2D eigenvalue weighted by molar-refractivity contribution is 7.89. The van der Waals surface area contributed by atoms with Gasteiger partial charge < -0.3 is 10.5 Å². The van der Waals surface area contributed by atoms with Gasteiger partial charge in [0.25, 0.3) is 5.91 Å². The Balaban J connectivity index is 2.01. The third kappa shape index (κ3) is 5.45. The van der Waals surface area contributed by atoms with Crippen molar-refractivity contribution in [3.05, 3.63) is 62.6 Å². The van der Waals surface area contributed by atoms with Crippen LogP contribution >= 0.6 is 34.8 Å². The first kappa shape index (κ1) is 30.0. The van der Waals surface area contributed by atoms with Gasteiger partial charge in [-0.2, -0.15) is 0 Å². The number of alkyl halides is 1. The molecule has 1 fully saturated rings. The van der Waals surface area contributed by atoms with E-state index in [2.05, 4.69) is 0 Å². The van der Waals surface area contributed by atoms with Crippen LogP contribution < -0.4 is 10.5 Å². The van der Waals surface area contributed by atoms with Gasteiger partial charge in [-0.3, -0.25) is 14.5 Å². The summed E-state index contributed by atoms with van der Waals surface area (Å²) in [5.74, 6) is -0.918. The Hall–Kier alpha value is -2.53. The molecule has 2 aromatic rings. The van der Waals surface area contributed by atoms with Crippen molar-refractivity contribution in [2.45, 2.75) is 45.2 Å². The van der Waals surface area contributed by atoms with Crippen molar-refractivity contribution >= 4 is 62.7 Å². The quantitative estimate of drug-likeness (QED) is 0.331. The fourth-order valence-corrected chi connectivity index (χ4v) is 6.38. The van der Waals surface area contributed by atoms with Crippen molar-refractivity contribution in [3.63, 3.8) is 0 Å². The number of hydrogen-bond donors (Lipinski definition) is 1. The topological polar surface area (TPSA) is 127 Å². The number of rotatable bonds is 9. The summed E-state index contributed by atoms with van der Waals surface area (Å²) in [7, 11) is -4.02. The van der Waals surface area contributed by atoms with E-state index < -0.39 is 38.8 Å². The molecule has 206 valence electrons. The van der Waals surface area contributed by atoms with Gasteiger partial charge in [-0.05, 0) is 48.7 Å². The normalized spacial score (nSPS) is 15.8. The maximum Gasteiger partial charge on any atom is 0.341 e. The molecule has 0 aromatic heterocycles. The fraction of sp³-hybridized carbons (Fsp3) is 0.400. The minimum atomic E-state index is -4.02. The van der Waals surface area contributed by atoms with Crippen molar-refractivity contribution in [2.75, 3.05) is 18.7 Å². The Bertz CT molecular complexity index is 1400. The lowest BCUT2D eigenvalue weighted by Crippen LogP contribution is -2.47. The number of nitrogens with zero attached hydrogens (tertiary/aromatic N) is 2. The first-order valence-electron chi connectivity index (χ1n) is 11.4. The summed E-state index contributed by atoms with van der Waals surface area (Å²) in [6.07, 6.45) is 0.851. The number of urea groups is 1. The molecule has 0 spiro atoms. The first-order chi connectivity index (χ1) is 17.4. The van der Waals surface area contributed by atoms with Gasteiger partial charge in [0.15, 0.2) is 5.75 Å². The van der Waals surface area contributed by atoms with E-state index in [4.69, 9.17) is 45.3 Å². The molecule has 2 aromatic carbocycles. The van der Waals surface area contributed by atoms with E-state index in [1.54, 1.807) is 30.3 Å². The number of sulfonamides is 1. The number of carbonyl (C=O) groups excluding carboxylic acids is 3. The third-order valence-electron chi connectivity index (χ3n) is 6.48. The second-order valence-corrected chi connectivity index (χ2v) is 13.0. The second-order valence-electron chi connectivity index (χ2n) is 9.93. The van der Waals surface area contributed by atoms with Crippen LogP contribution in [-0.4, -0.2) is 59.7 Å². The molecule has 0 aliphatic carbocycles. The van der Waals surface area contributed by atoms with E-state index in [-0.39, 0.29) is 30.2 Å². The van der Waals surface area contributed by atoms with E-state index in [0.717, 1.165) is 16.7 Å². The van der Waals surface area contributed by atoms with Crippen molar-refractivity contribution in [3.8, 4) is 5.75 Å². The van der Waals surface area contributed by atoms with Crippen LogP contribution in [0.3, 0.4) is 0 Å². The lowest BCUT2D eigenvalue weighted by Gasteiger charge is -2.28. The number of benzene rings is 2. The van der Waals surface area contributed by atoms with Gasteiger partial charge in [0, 0.05) is 11.0 Å². The zero-order chi connectivity index (χ0) is 28.8. The van der Waals surface area contributed by atoms with E-state index in [0.29, 0.717) is 25.7 Å². The van der Waals surface area contributed by atoms with Gasteiger partial charge in [-0.1, -0.05) is 49.2 Å². The number of nitrogens with two attached hydrogens (primary N) is 1. The van der Waals surface area contributed by atoms with Crippen LogP contribution in [0.25, 0.3) is 0 Å². The molecule has 0 atom stereocenters. The molecule has 4 amide bonds. The number of ether oxygens (including phenoxy) is 1. The van der Waals surface area contributed by atoms with Gasteiger partial charge in [0.2, 0.25) is 15.9 Å². The summed E-state index contributed by atoms with van der Waals surface area (Å²) in [5, 5.41) is 0.586. The second kappa shape index (κ2) is 10.6. The molecule has 0 bridgehead atoms. The minimum absolute atomic E-state index is 0.0750.